The van der Waals surface area contributed by atoms with Crippen molar-refractivity contribution in [1.82, 2.24) is 9.80 Å². The molecule has 1 aromatic carbocycles. The van der Waals surface area contributed by atoms with E-state index in [4.69, 9.17) is 4.42 Å². The third-order valence-electron chi connectivity index (χ3n) is 5.23. The van der Waals surface area contributed by atoms with Gasteiger partial charge in [-0.3, -0.25) is 9.69 Å². The Morgan fingerprint density at radius 3 is 2.59 bits per heavy atom. The van der Waals surface area contributed by atoms with Gasteiger partial charge in [-0.15, -0.1) is 0 Å². The molecule has 0 N–H and O–H groups in total. The molecule has 0 aliphatic carbocycles. The Hall–Kier alpha value is -2.38. The van der Waals surface area contributed by atoms with Crippen LogP contribution in [0.2, 0.25) is 0 Å². The van der Waals surface area contributed by atoms with Gasteiger partial charge < -0.3 is 9.32 Å². The Labute approximate surface area is 159 Å². The molecule has 7 heteroatoms. The fourth-order valence-corrected chi connectivity index (χ4v) is 5.95. The van der Waals surface area contributed by atoms with Crippen LogP contribution in [0.1, 0.15) is 16.1 Å². The molecule has 2 fully saturated rings. The number of furan rings is 1. The van der Waals surface area contributed by atoms with Crippen LogP contribution in [0.15, 0.2) is 59.2 Å². The van der Waals surface area contributed by atoms with Crippen molar-refractivity contribution in [3.8, 4) is 0 Å². The van der Waals surface area contributed by atoms with E-state index in [0.29, 0.717) is 19.6 Å². The molecule has 2 atom stereocenters. The molecule has 4 rings (SSSR count). The maximum absolute atomic E-state index is 12.7. The Balaban J connectivity index is 1.50. The number of benzene rings is 1. The van der Waals surface area contributed by atoms with Crippen LogP contribution < -0.4 is 0 Å². The van der Waals surface area contributed by atoms with Crippen LogP contribution in [-0.2, 0) is 9.84 Å². The molecule has 2 aromatic rings. The highest BCUT2D eigenvalue weighted by Gasteiger charge is 2.48. The zero-order valence-corrected chi connectivity index (χ0v) is 15.7. The van der Waals surface area contributed by atoms with Gasteiger partial charge >= 0.3 is 0 Å². The van der Waals surface area contributed by atoms with Crippen LogP contribution in [0, 0.1) is 0 Å². The van der Waals surface area contributed by atoms with Crippen LogP contribution in [0.4, 0.5) is 0 Å². The van der Waals surface area contributed by atoms with Gasteiger partial charge in [-0.2, -0.15) is 0 Å². The van der Waals surface area contributed by atoms with Crippen molar-refractivity contribution in [3.05, 3.63) is 66.1 Å². The van der Waals surface area contributed by atoms with E-state index in [1.165, 1.54) is 6.26 Å². The Morgan fingerprint density at radius 1 is 1.07 bits per heavy atom. The van der Waals surface area contributed by atoms with Crippen molar-refractivity contribution in [1.29, 1.82) is 0 Å². The van der Waals surface area contributed by atoms with E-state index >= 15 is 0 Å². The molecular weight excluding hydrogens is 364 g/mol. The number of hydrogen-bond acceptors (Lipinski definition) is 5. The molecule has 1 aromatic heterocycles. The SMILES string of the molecule is O=C(c1ccco1)N1CCN(CC=Cc2ccccc2)[C@H]2CS(=O)(=O)C[C@H]21. The number of hydrogen-bond donors (Lipinski definition) is 0. The lowest BCUT2D eigenvalue weighted by Crippen LogP contribution is -2.60. The Bertz CT molecular complexity index is 922. The van der Waals surface area contributed by atoms with Crippen molar-refractivity contribution < 1.29 is 17.6 Å². The number of carbonyl (C=O) groups excluding carboxylic acids is 1. The number of carbonyl (C=O) groups is 1. The van der Waals surface area contributed by atoms with Gasteiger partial charge in [0, 0.05) is 25.7 Å². The second-order valence-corrected chi connectivity index (χ2v) is 9.15. The maximum atomic E-state index is 12.7. The molecule has 0 saturated carbocycles. The number of sulfone groups is 1. The topological polar surface area (TPSA) is 70.8 Å². The van der Waals surface area contributed by atoms with Gasteiger partial charge in [-0.05, 0) is 17.7 Å². The van der Waals surface area contributed by atoms with Gasteiger partial charge in [0.05, 0.1) is 23.8 Å². The summed E-state index contributed by atoms with van der Waals surface area (Å²) in [7, 11) is -3.16. The van der Waals surface area contributed by atoms with E-state index in [9.17, 15) is 13.2 Å². The lowest BCUT2D eigenvalue weighted by molar-refractivity contribution is 0.0343. The molecule has 0 bridgehead atoms. The van der Waals surface area contributed by atoms with Crippen LogP contribution in [-0.4, -0.2) is 67.3 Å². The summed E-state index contributed by atoms with van der Waals surface area (Å²) < 4.78 is 29.8. The Morgan fingerprint density at radius 2 is 1.85 bits per heavy atom. The van der Waals surface area contributed by atoms with E-state index in [2.05, 4.69) is 11.0 Å². The van der Waals surface area contributed by atoms with Gasteiger partial charge in [-0.25, -0.2) is 8.42 Å². The van der Waals surface area contributed by atoms with Gasteiger partial charge in [-0.1, -0.05) is 42.5 Å². The number of piperazine rings is 1. The summed E-state index contributed by atoms with van der Waals surface area (Å²) in [5.41, 5.74) is 1.11. The van der Waals surface area contributed by atoms with Crippen molar-refractivity contribution in [2.24, 2.45) is 0 Å². The summed E-state index contributed by atoms with van der Waals surface area (Å²) >= 11 is 0. The van der Waals surface area contributed by atoms with Crippen LogP contribution in [0.3, 0.4) is 0 Å². The fourth-order valence-electron chi connectivity index (χ4n) is 3.93. The predicted molar refractivity (Wildman–Crippen MR) is 103 cm³/mol. The molecule has 0 unspecified atom stereocenters. The number of rotatable bonds is 4. The van der Waals surface area contributed by atoms with Crippen molar-refractivity contribution in [2.45, 2.75) is 12.1 Å². The fraction of sp³-hybridized carbons (Fsp3) is 0.350. The molecule has 0 spiro atoms. The second kappa shape index (κ2) is 7.32. The molecule has 0 radical (unpaired) electrons. The standard InChI is InChI=1S/C20H22N2O4S/c23-20(19-9-5-13-26-19)22-12-11-21(17-14-27(24,25)15-18(17)22)10-4-8-16-6-2-1-3-7-16/h1-9,13,17-18H,10-12,14-15H2/t17-,18+/m0/s1. The van der Waals surface area contributed by atoms with Crippen LogP contribution in [0.25, 0.3) is 6.08 Å². The monoisotopic (exact) mass is 386 g/mol. The van der Waals surface area contributed by atoms with E-state index in [-0.39, 0.29) is 35.3 Å². The second-order valence-electron chi connectivity index (χ2n) is 7.00. The molecule has 142 valence electrons. The van der Waals surface area contributed by atoms with E-state index in [1.54, 1.807) is 17.0 Å². The highest BCUT2D eigenvalue weighted by atomic mass is 32.2. The predicted octanol–water partition coefficient (Wildman–Crippen LogP) is 1.92. The van der Waals surface area contributed by atoms with Gasteiger partial charge in [0.25, 0.3) is 5.91 Å². The highest BCUT2D eigenvalue weighted by molar-refractivity contribution is 7.91. The molecule has 2 saturated heterocycles. The van der Waals surface area contributed by atoms with E-state index in [1.807, 2.05) is 36.4 Å². The highest BCUT2D eigenvalue weighted by Crippen LogP contribution is 2.28. The summed E-state index contributed by atoms with van der Waals surface area (Å²) in [6.45, 7) is 1.80. The first-order chi connectivity index (χ1) is 13.0. The molecule has 1 amide bonds. The Kier molecular flexibility index (Phi) is 4.88. The van der Waals surface area contributed by atoms with Gasteiger partial charge in [0.15, 0.2) is 15.6 Å². The molecule has 6 nitrogen and oxygen atoms in total. The summed E-state index contributed by atoms with van der Waals surface area (Å²) in [6, 6.07) is 12.8. The average molecular weight is 386 g/mol. The summed E-state index contributed by atoms with van der Waals surface area (Å²) in [5, 5.41) is 0. The van der Waals surface area contributed by atoms with Crippen LogP contribution >= 0.6 is 0 Å². The smallest absolute Gasteiger partial charge is 0.289 e. The number of amides is 1. The minimum absolute atomic E-state index is 0.0169. The molecule has 3 heterocycles. The van der Waals surface area contributed by atoms with Crippen LogP contribution in [0.5, 0.6) is 0 Å². The number of fused-ring (bicyclic) bond motifs is 1. The molecule has 27 heavy (non-hydrogen) atoms. The molecule has 2 aliphatic heterocycles. The average Bonchev–Trinajstić information content (AvgIpc) is 3.29. The zero-order chi connectivity index (χ0) is 18.9. The zero-order valence-electron chi connectivity index (χ0n) is 14.9. The third kappa shape index (κ3) is 3.84. The first kappa shape index (κ1) is 18.0. The van der Waals surface area contributed by atoms with Crippen molar-refractivity contribution in [3.63, 3.8) is 0 Å². The minimum Gasteiger partial charge on any atom is -0.459 e. The largest absolute Gasteiger partial charge is 0.459 e. The first-order valence-corrected chi connectivity index (χ1v) is 10.9. The van der Waals surface area contributed by atoms with E-state index < -0.39 is 9.84 Å². The van der Waals surface area contributed by atoms with E-state index in [0.717, 1.165) is 5.56 Å². The maximum Gasteiger partial charge on any atom is 0.289 e. The lowest BCUT2D eigenvalue weighted by Gasteiger charge is -2.43. The number of nitrogens with zero attached hydrogens (tertiary/aromatic N) is 2. The summed E-state index contributed by atoms with van der Waals surface area (Å²) in [5.74, 6) is 0.143. The normalized spacial score (nSPS) is 25.0. The van der Waals surface area contributed by atoms with Crippen molar-refractivity contribution >= 4 is 21.8 Å². The van der Waals surface area contributed by atoms with Gasteiger partial charge in [0.1, 0.15) is 0 Å². The molecule has 2 aliphatic rings. The quantitative estimate of drug-likeness (QED) is 0.803. The molecular formula is C20H22N2O4S. The lowest BCUT2D eigenvalue weighted by atomic mass is 10.0. The summed E-state index contributed by atoms with van der Waals surface area (Å²) in [4.78, 5) is 16.6. The minimum atomic E-state index is -3.16. The van der Waals surface area contributed by atoms with Crippen molar-refractivity contribution in [2.75, 3.05) is 31.1 Å². The third-order valence-corrected chi connectivity index (χ3v) is 6.93. The summed E-state index contributed by atoms with van der Waals surface area (Å²) in [6.07, 6.45) is 5.56. The van der Waals surface area contributed by atoms with Gasteiger partial charge in [0.2, 0.25) is 0 Å². The first-order valence-electron chi connectivity index (χ1n) is 9.04.